The summed E-state index contributed by atoms with van der Waals surface area (Å²) < 4.78 is 0. The Balaban J connectivity index is 2.64. The molecule has 0 fully saturated rings. The van der Waals surface area contributed by atoms with Crippen LogP contribution in [0.4, 0.5) is 0 Å². The first-order chi connectivity index (χ1) is 6.65. The largest absolute Gasteiger partial charge is 0.360 e. The number of aromatic nitrogens is 2. The smallest absolute Gasteiger partial charge is 0.0916 e. The molecule has 0 aliphatic carbocycles. The van der Waals surface area contributed by atoms with Crippen molar-refractivity contribution in [3.8, 4) is 0 Å². The van der Waals surface area contributed by atoms with E-state index in [9.17, 15) is 0 Å². The molecule has 74 valence electrons. The van der Waals surface area contributed by atoms with E-state index < -0.39 is 0 Å². The van der Waals surface area contributed by atoms with Gasteiger partial charge in [0.25, 0.3) is 0 Å². The maximum Gasteiger partial charge on any atom is 0.0916 e. The fourth-order valence-electron chi connectivity index (χ4n) is 1.66. The average Bonchev–Trinajstić information content (AvgIpc) is 2.61. The Morgan fingerprint density at radius 1 is 1.43 bits per heavy atom. The van der Waals surface area contributed by atoms with Crippen LogP contribution >= 0.6 is 0 Å². The molecule has 2 nitrogen and oxygen atoms in total. The molecule has 0 amide bonds. The molecule has 0 radical (unpaired) electrons. The summed E-state index contributed by atoms with van der Waals surface area (Å²) in [5.41, 5.74) is 3.76. The second-order valence-corrected chi connectivity index (χ2v) is 4.34. The number of hydrogen-bond donors (Lipinski definition) is 1. The van der Waals surface area contributed by atoms with Gasteiger partial charge in [-0.25, -0.2) is 0 Å². The van der Waals surface area contributed by atoms with Gasteiger partial charge in [0.2, 0.25) is 0 Å². The van der Waals surface area contributed by atoms with Crippen LogP contribution in [0.15, 0.2) is 24.5 Å². The van der Waals surface area contributed by atoms with Crippen molar-refractivity contribution in [1.29, 1.82) is 0 Å². The maximum absolute atomic E-state index is 4.42. The van der Waals surface area contributed by atoms with E-state index in [4.69, 9.17) is 0 Å². The van der Waals surface area contributed by atoms with Crippen molar-refractivity contribution >= 4 is 11.0 Å². The zero-order valence-electron chi connectivity index (χ0n) is 8.96. The third-order valence-electron chi connectivity index (χ3n) is 3.05. The average molecular weight is 188 g/mol. The Morgan fingerprint density at radius 3 is 2.93 bits per heavy atom. The van der Waals surface area contributed by atoms with E-state index in [1.54, 1.807) is 0 Å². The highest BCUT2D eigenvalue weighted by molar-refractivity contribution is 5.79. The van der Waals surface area contributed by atoms with E-state index in [-0.39, 0.29) is 5.41 Å². The van der Waals surface area contributed by atoms with Crippen LogP contribution in [0.25, 0.3) is 11.0 Å². The summed E-state index contributed by atoms with van der Waals surface area (Å²) in [5, 5.41) is 0. The van der Waals surface area contributed by atoms with Crippen molar-refractivity contribution in [1.82, 2.24) is 9.97 Å². The van der Waals surface area contributed by atoms with Crippen LogP contribution in [0.5, 0.6) is 0 Å². The highest BCUT2D eigenvalue weighted by Gasteiger charge is 2.22. The van der Waals surface area contributed by atoms with E-state index in [1.807, 2.05) is 12.3 Å². The van der Waals surface area contributed by atoms with Crippen LogP contribution in [0, 0.1) is 0 Å². The number of pyridine rings is 1. The molecule has 2 heteroatoms. The Labute approximate surface area is 84.4 Å². The predicted octanol–water partition coefficient (Wildman–Crippen LogP) is 3.25. The first kappa shape index (κ1) is 9.25. The lowest BCUT2D eigenvalue weighted by atomic mass is 9.83. The lowest BCUT2D eigenvalue weighted by molar-refractivity contribution is 0.510. The molecule has 2 heterocycles. The topological polar surface area (TPSA) is 28.7 Å². The summed E-state index contributed by atoms with van der Waals surface area (Å²) in [5.74, 6) is 0. The molecular weight excluding hydrogens is 172 g/mol. The van der Waals surface area contributed by atoms with Gasteiger partial charge in [-0.05, 0) is 24.0 Å². The molecule has 0 saturated heterocycles. The molecular formula is C12H16N2. The number of fused-ring (bicyclic) bond motifs is 1. The Morgan fingerprint density at radius 2 is 2.21 bits per heavy atom. The molecule has 0 aliphatic rings. The third kappa shape index (κ3) is 1.31. The Bertz CT molecular complexity index is 440. The number of rotatable bonds is 2. The van der Waals surface area contributed by atoms with Gasteiger partial charge in [-0.1, -0.05) is 20.8 Å². The van der Waals surface area contributed by atoms with Crippen LogP contribution in [-0.4, -0.2) is 9.97 Å². The minimum Gasteiger partial charge on any atom is -0.360 e. The van der Waals surface area contributed by atoms with Gasteiger partial charge in [0.15, 0.2) is 0 Å². The number of hydrogen-bond acceptors (Lipinski definition) is 1. The van der Waals surface area contributed by atoms with Gasteiger partial charge in [0.1, 0.15) is 0 Å². The molecule has 0 bridgehead atoms. The van der Waals surface area contributed by atoms with Crippen molar-refractivity contribution in [2.24, 2.45) is 0 Å². The van der Waals surface area contributed by atoms with E-state index in [2.05, 4.69) is 43.0 Å². The second kappa shape index (κ2) is 3.12. The molecule has 1 N–H and O–H groups in total. The number of H-pyrrole nitrogens is 1. The predicted molar refractivity (Wildman–Crippen MR) is 59.4 cm³/mol. The van der Waals surface area contributed by atoms with Gasteiger partial charge >= 0.3 is 0 Å². The van der Waals surface area contributed by atoms with Gasteiger partial charge in [0, 0.05) is 18.0 Å². The van der Waals surface area contributed by atoms with Crippen LogP contribution in [0.2, 0.25) is 0 Å². The highest BCUT2D eigenvalue weighted by Crippen LogP contribution is 2.31. The summed E-state index contributed by atoms with van der Waals surface area (Å²) in [6, 6.07) is 4.03. The van der Waals surface area contributed by atoms with Gasteiger partial charge in [-0.15, -0.1) is 0 Å². The lowest BCUT2D eigenvalue weighted by Gasteiger charge is -2.21. The number of nitrogens with one attached hydrogen (secondary N) is 1. The van der Waals surface area contributed by atoms with Crippen LogP contribution < -0.4 is 0 Å². The first-order valence-electron chi connectivity index (χ1n) is 5.08. The summed E-state index contributed by atoms with van der Waals surface area (Å²) in [4.78, 5) is 7.69. The van der Waals surface area contributed by atoms with Gasteiger partial charge in [-0.3, -0.25) is 4.98 Å². The summed E-state index contributed by atoms with van der Waals surface area (Å²) in [7, 11) is 0. The molecule has 0 unspecified atom stereocenters. The fraction of sp³-hybridized carbons (Fsp3) is 0.417. The molecule has 2 rings (SSSR count). The Kier molecular flexibility index (Phi) is 2.06. The minimum absolute atomic E-state index is 0.201. The maximum atomic E-state index is 4.42. The third-order valence-corrected chi connectivity index (χ3v) is 3.05. The zero-order valence-corrected chi connectivity index (χ0v) is 8.96. The van der Waals surface area contributed by atoms with Crippen molar-refractivity contribution < 1.29 is 0 Å². The van der Waals surface area contributed by atoms with Crippen molar-refractivity contribution in [2.75, 3.05) is 0 Å². The van der Waals surface area contributed by atoms with Gasteiger partial charge in [-0.2, -0.15) is 0 Å². The van der Waals surface area contributed by atoms with E-state index in [1.165, 1.54) is 5.56 Å². The molecule has 0 spiro atoms. The van der Waals surface area contributed by atoms with Gasteiger partial charge < -0.3 is 4.98 Å². The number of aromatic amines is 1. The number of nitrogens with zero attached hydrogens (tertiary/aromatic N) is 1. The summed E-state index contributed by atoms with van der Waals surface area (Å²) in [6.07, 6.45) is 5.06. The van der Waals surface area contributed by atoms with Gasteiger partial charge in [0.05, 0.1) is 11.0 Å². The highest BCUT2D eigenvalue weighted by atomic mass is 14.8. The molecule has 2 aromatic heterocycles. The lowest BCUT2D eigenvalue weighted by Crippen LogP contribution is -2.14. The molecule has 0 atom stereocenters. The van der Waals surface area contributed by atoms with Crippen molar-refractivity contribution in [3.05, 3.63) is 30.1 Å². The normalized spacial score (nSPS) is 12.2. The molecule has 2 aromatic rings. The van der Waals surface area contributed by atoms with E-state index in [0.717, 1.165) is 17.5 Å². The molecule has 0 aromatic carbocycles. The van der Waals surface area contributed by atoms with E-state index in [0.29, 0.717) is 0 Å². The first-order valence-corrected chi connectivity index (χ1v) is 5.08. The van der Waals surface area contributed by atoms with Crippen LogP contribution in [0.3, 0.4) is 0 Å². The summed E-state index contributed by atoms with van der Waals surface area (Å²) >= 11 is 0. The fourth-order valence-corrected chi connectivity index (χ4v) is 1.66. The SMILES string of the molecule is CCC(C)(C)c1c[nH]c2cccnc12. The monoisotopic (exact) mass is 188 g/mol. The molecule has 0 aliphatic heterocycles. The van der Waals surface area contributed by atoms with Crippen molar-refractivity contribution in [2.45, 2.75) is 32.6 Å². The zero-order chi connectivity index (χ0) is 10.2. The van der Waals surface area contributed by atoms with Crippen LogP contribution in [0.1, 0.15) is 32.8 Å². The van der Waals surface area contributed by atoms with Crippen LogP contribution in [-0.2, 0) is 5.41 Å². The quantitative estimate of drug-likeness (QED) is 0.770. The molecule has 0 saturated carbocycles. The summed E-state index contributed by atoms with van der Waals surface area (Å²) in [6.45, 7) is 6.72. The van der Waals surface area contributed by atoms with E-state index >= 15 is 0 Å². The molecule has 14 heavy (non-hydrogen) atoms. The Hall–Kier alpha value is -1.31. The second-order valence-electron chi connectivity index (χ2n) is 4.34. The van der Waals surface area contributed by atoms with Crippen molar-refractivity contribution in [3.63, 3.8) is 0 Å². The standard InChI is InChI=1S/C12H16N2/c1-4-12(2,3)9-8-14-10-6-5-7-13-11(9)10/h5-8,14H,4H2,1-3H3. The minimum atomic E-state index is 0.201.